The lowest BCUT2D eigenvalue weighted by atomic mass is 9.99. The van der Waals surface area contributed by atoms with Crippen LogP contribution in [0.1, 0.15) is 5.56 Å². The first-order valence-corrected chi connectivity index (χ1v) is 6.23. The minimum atomic E-state index is -1.48. The van der Waals surface area contributed by atoms with Crippen LogP contribution in [0.3, 0.4) is 0 Å². The summed E-state index contributed by atoms with van der Waals surface area (Å²) in [6.07, 6.45) is -6.55. The minimum absolute atomic E-state index is 0.0390. The Kier molecular flexibility index (Phi) is 4.92. The van der Waals surface area contributed by atoms with Crippen LogP contribution in [0.5, 0.6) is 5.75 Å². The Balaban J connectivity index is 2.00. The summed E-state index contributed by atoms with van der Waals surface area (Å²) in [6.45, 7) is -0.559. The van der Waals surface area contributed by atoms with Crippen molar-refractivity contribution >= 4 is 0 Å². The molecule has 2 rings (SSSR count). The summed E-state index contributed by atoms with van der Waals surface area (Å²) < 4.78 is 10.5. The summed E-state index contributed by atoms with van der Waals surface area (Å²) in [5.41, 5.74) is 0.490. The number of phenolic OH excluding ortho intramolecular Hbond substituents is 1. The molecule has 0 unspecified atom stereocenters. The van der Waals surface area contributed by atoms with E-state index in [1.54, 1.807) is 18.2 Å². The molecule has 0 bridgehead atoms. The third kappa shape index (κ3) is 3.09. The highest BCUT2D eigenvalue weighted by Gasteiger charge is 2.43. The zero-order chi connectivity index (χ0) is 14.7. The first-order chi connectivity index (χ1) is 9.54. The molecule has 1 heterocycles. The largest absolute Gasteiger partial charge is 0.508 e. The lowest BCUT2D eigenvalue weighted by molar-refractivity contribution is -0.304. The highest BCUT2D eigenvalue weighted by Crippen LogP contribution is 2.24. The lowest BCUT2D eigenvalue weighted by Crippen LogP contribution is -2.59. The van der Waals surface area contributed by atoms with Gasteiger partial charge in [-0.1, -0.05) is 18.2 Å². The van der Waals surface area contributed by atoms with Gasteiger partial charge < -0.3 is 35.0 Å². The maximum Gasteiger partial charge on any atom is 0.187 e. The number of aromatic hydroxyl groups is 1. The van der Waals surface area contributed by atoms with Crippen LogP contribution in [-0.4, -0.2) is 62.8 Å². The molecule has 1 aliphatic heterocycles. The highest BCUT2D eigenvalue weighted by molar-refractivity contribution is 5.30. The molecule has 0 radical (unpaired) electrons. The predicted molar refractivity (Wildman–Crippen MR) is 66.7 cm³/mol. The molecule has 1 aromatic rings. The van der Waals surface area contributed by atoms with Crippen molar-refractivity contribution in [3.63, 3.8) is 0 Å². The molecule has 1 fully saturated rings. The van der Waals surface area contributed by atoms with E-state index in [1.165, 1.54) is 6.07 Å². The number of rotatable bonds is 4. The molecule has 0 saturated carbocycles. The van der Waals surface area contributed by atoms with Crippen LogP contribution in [0.25, 0.3) is 0 Å². The van der Waals surface area contributed by atoms with Gasteiger partial charge in [0.05, 0.1) is 13.2 Å². The molecule has 5 atom stereocenters. The number of benzene rings is 1. The predicted octanol–water partition coefficient (Wildman–Crippen LogP) is -1.29. The number of hydrogen-bond acceptors (Lipinski definition) is 7. The van der Waals surface area contributed by atoms with Gasteiger partial charge in [-0.15, -0.1) is 0 Å². The number of ether oxygens (including phenoxy) is 2. The van der Waals surface area contributed by atoms with Crippen LogP contribution in [0.4, 0.5) is 0 Å². The molecule has 112 valence electrons. The number of para-hydroxylation sites is 1. The fraction of sp³-hybridized carbons (Fsp3) is 0.538. The van der Waals surface area contributed by atoms with Gasteiger partial charge in [0.2, 0.25) is 0 Å². The molecule has 1 saturated heterocycles. The number of phenols is 1. The van der Waals surface area contributed by atoms with E-state index < -0.39 is 37.3 Å². The topological polar surface area (TPSA) is 120 Å². The van der Waals surface area contributed by atoms with Crippen molar-refractivity contribution < 1.29 is 35.0 Å². The second kappa shape index (κ2) is 6.49. The van der Waals surface area contributed by atoms with Crippen molar-refractivity contribution in [1.29, 1.82) is 0 Å². The number of aliphatic hydroxyl groups excluding tert-OH is 4. The van der Waals surface area contributed by atoms with Crippen molar-refractivity contribution in [3.8, 4) is 5.75 Å². The van der Waals surface area contributed by atoms with Crippen molar-refractivity contribution in [2.24, 2.45) is 0 Å². The Morgan fingerprint density at radius 2 is 1.75 bits per heavy atom. The van der Waals surface area contributed by atoms with Crippen LogP contribution < -0.4 is 0 Å². The van der Waals surface area contributed by atoms with Gasteiger partial charge in [0.15, 0.2) is 6.29 Å². The lowest BCUT2D eigenvalue weighted by Gasteiger charge is -2.39. The van der Waals surface area contributed by atoms with E-state index in [1.807, 2.05) is 0 Å². The van der Waals surface area contributed by atoms with Gasteiger partial charge in [0, 0.05) is 5.56 Å². The van der Waals surface area contributed by atoms with Gasteiger partial charge in [0.1, 0.15) is 30.2 Å². The van der Waals surface area contributed by atoms with E-state index in [-0.39, 0.29) is 12.4 Å². The minimum Gasteiger partial charge on any atom is -0.508 e. The van der Waals surface area contributed by atoms with Crippen LogP contribution in [0, 0.1) is 0 Å². The second-order valence-electron chi connectivity index (χ2n) is 4.64. The van der Waals surface area contributed by atoms with E-state index >= 15 is 0 Å². The first kappa shape index (κ1) is 15.2. The zero-order valence-corrected chi connectivity index (χ0v) is 10.7. The Bertz CT molecular complexity index is 436. The van der Waals surface area contributed by atoms with Gasteiger partial charge >= 0.3 is 0 Å². The molecular formula is C13H18O7. The van der Waals surface area contributed by atoms with Gasteiger partial charge in [-0.05, 0) is 6.07 Å². The summed E-state index contributed by atoms with van der Waals surface area (Å²) in [4.78, 5) is 0. The van der Waals surface area contributed by atoms with E-state index in [2.05, 4.69) is 0 Å². The second-order valence-corrected chi connectivity index (χ2v) is 4.64. The Labute approximate surface area is 115 Å². The summed E-state index contributed by atoms with van der Waals surface area (Å²) in [5.74, 6) is 0.0390. The Hall–Kier alpha value is -1.22. The molecule has 5 N–H and O–H groups in total. The van der Waals surface area contributed by atoms with E-state index in [9.17, 15) is 20.4 Å². The maximum atomic E-state index is 9.76. The number of hydrogen-bond donors (Lipinski definition) is 5. The molecule has 1 aromatic carbocycles. The SMILES string of the molecule is OC[C@H]1O[C@H](OCc2ccccc2O)[C@H](O)[C@@H](O)[C@@H]1O. The Morgan fingerprint density at radius 3 is 2.40 bits per heavy atom. The highest BCUT2D eigenvalue weighted by atomic mass is 16.7. The molecule has 0 aliphatic carbocycles. The molecule has 20 heavy (non-hydrogen) atoms. The van der Waals surface area contributed by atoms with E-state index in [0.717, 1.165) is 0 Å². The van der Waals surface area contributed by atoms with Crippen LogP contribution >= 0.6 is 0 Å². The van der Waals surface area contributed by atoms with Crippen molar-refractivity contribution in [2.45, 2.75) is 37.3 Å². The van der Waals surface area contributed by atoms with E-state index in [4.69, 9.17) is 14.6 Å². The maximum absolute atomic E-state index is 9.76. The normalized spacial score (nSPS) is 34.1. The third-order valence-corrected chi connectivity index (χ3v) is 3.24. The van der Waals surface area contributed by atoms with Crippen LogP contribution in [0.2, 0.25) is 0 Å². The molecule has 0 spiro atoms. The average molecular weight is 286 g/mol. The number of aliphatic hydroxyl groups is 4. The zero-order valence-electron chi connectivity index (χ0n) is 10.7. The van der Waals surface area contributed by atoms with Crippen molar-refractivity contribution in [3.05, 3.63) is 29.8 Å². The first-order valence-electron chi connectivity index (χ1n) is 6.23. The van der Waals surface area contributed by atoms with E-state index in [0.29, 0.717) is 5.56 Å². The average Bonchev–Trinajstić information content (AvgIpc) is 2.46. The molecular weight excluding hydrogens is 268 g/mol. The van der Waals surface area contributed by atoms with Gasteiger partial charge in [-0.25, -0.2) is 0 Å². The van der Waals surface area contributed by atoms with Crippen molar-refractivity contribution in [2.75, 3.05) is 6.61 Å². The van der Waals surface area contributed by atoms with Crippen molar-refractivity contribution in [1.82, 2.24) is 0 Å². The van der Waals surface area contributed by atoms with Crippen LogP contribution in [0.15, 0.2) is 24.3 Å². The van der Waals surface area contributed by atoms with Gasteiger partial charge in [-0.3, -0.25) is 0 Å². The smallest absolute Gasteiger partial charge is 0.187 e. The Morgan fingerprint density at radius 1 is 1.05 bits per heavy atom. The standard InChI is InChI=1S/C13H18O7/c14-5-9-10(16)11(17)12(18)13(20-9)19-6-7-3-1-2-4-8(7)15/h1-4,9-18H,5-6H2/t9-,10-,11+,12-,13+/m1/s1. The fourth-order valence-corrected chi connectivity index (χ4v) is 2.01. The van der Waals surface area contributed by atoms with Gasteiger partial charge in [0.25, 0.3) is 0 Å². The fourth-order valence-electron chi connectivity index (χ4n) is 2.01. The van der Waals surface area contributed by atoms with Crippen LogP contribution in [-0.2, 0) is 16.1 Å². The summed E-state index contributed by atoms with van der Waals surface area (Å²) >= 11 is 0. The molecule has 0 aromatic heterocycles. The summed E-state index contributed by atoms with van der Waals surface area (Å²) in [5, 5.41) is 47.6. The third-order valence-electron chi connectivity index (χ3n) is 3.24. The summed E-state index contributed by atoms with van der Waals surface area (Å²) in [6, 6.07) is 6.50. The molecule has 7 heteroatoms. The van der Waals surface area contributed by atoms with Gasteiger partial charge in [-0.2, -0.15) is 0 Å². The molecule has 1 aliphatic rings. The quantitative estimate of drug-likeness (QED) is 0.467. The summed E-state index contributed by atoms with van der Waals surface area (Å²) in [7, 11) is 0. The monoisotopic (exact) mass is 286 g/mol. The molecule has 0 amide bonds. The molecule has 7 nitrogen and oxygen atoms in total.